The number of furan rings is 1. The first-order valence-corrected chi connectivity index (χ1v) is 6.60. The van der Waals surface area contributed by atoms with E-state index in [1.54, 1.807) is 12.4 Å². The highest BCUT2D eigenvalue weighted by Gasteiger charge is 2.21. The SMILES string of the molecule is Cc1ccc2c(C)c(C(N)c3nccnc3C)oc2c1. The van der Waals surface area contributed by atoms with E-state index < -0.39 is 6.04 Å². The normalized spacial score (nSPS) is 12.8. The molecule has 0 aliphatic carbocycles. The predicted molar refractivity (Wildman–Crippen MR) is 78.5 cm³/mol. The van der Waals surface area contributed by atoms with Crippen molar-refractivity contribution in [1.82, 2.24) is 9.97 Å². The highest BCUT2D eigenvalue weighted by Crippen LogP contribution is 2.31. The molecule has 3 rings (SSSR count). The van der Waals surface area contributed by atoms with Gasteiger partial charge in [0.05, 0.1) is 11.4 Å². The lowest BCUT2D eigenvalue weighted by atomic mass is 10.0. The quantitative estimate of drug-likeness (QED) is 0.774. The Kier molecular flexibility index (Phi) is 3.03. The van der Waals surface area contributed by atoms with Gasteiger partial charge < -0.3 is 10.2 Å². The Labute approximate surface area is 117 Å². The highest BCUT2D eigenvalue weighted by molar-refractivity contribution is 5.82. The van der Waals surface area contributed by atoms with E-state index in [9.17, 15) is 0 Å². The van der Waals surface area contributed by atoms with Crippen molar-refractivity contribution in [2.24, 2.45) is 5.73 Å². The van der Waals surface area contributed by atoms with Crippen molar-refractivity contribution in [2.75, 3.05) is 0 Å². The van der Waals surface area contributed by atoms with Gasteiger partial charge in [-0.15, -0.1) is 0 Å². The molecule has 0 spiro atoms. The first-order chi connectivity index (χ1) is 9.58. The minimum absolute atomic E-state index is 0.392. The first kappa shape index (κ1) is 12.8. The minimum atomic E-state index is -0.392. The topological polar surface area (TPSA) is 64.9 Å². The van der Waals surface area contributed by atoms with E-state index >= 15 is 0 Å². The average Bonchev–Trinajstić information content (AvgIpc) is 2.75. The van der Waals surface area contributed by atoms with Gasteiger partial charge in [-0.3, -0.25) is 9.97 Å². The van der Waals surface area contributed by atoms with Gasteiger partial charge in [-0.05, 0) is 32.4 Å². The number of nitrogens with two attached hydrogens (primary N) is 1. The van der Waals surface area contributed by atoms with Crippen LogP contribution >= 0.6 is 0 Å². The van der Waals surface area contributed by atoms with Gasteiger partial charge in [0.15, 0.2) is 0 Å². The van der Waals surface area contributed by atoms with Gasteiger partial charge >= 0.3 is 0 Å². The fourth-order valence-electron chi connectivity index (χ4n) is 2.50. The van der Waals surface area contributed by atoms with E-state index in [2.05, 4.69) is 22.1 Å². The van der Waals surface area contributed by atoms with Crippen molar-refractivity contribution < 1.29 is 4.42 Å². The number of aryl methyl sites for hydroxylation is 3. The van der Waals surface area contributed by atoms with Gasteiger partial charge in [-0.1, -0.05) is 12.1 Å². The van der Waals surface area contributed by atoms with Gasteiger partial charge in [-0.25, -0.2) is 0 Å². The third-order valence-corrected chi connectivity index (χ3v) is 3.63. The minimum Gasteiger partial charge on any atom is -0.459 e. The van der Waals surface area contributed by atoms with Gasteiger partial charge in [0.25, 0.3) is 0 Å². The maximum Gasteiger partial charge on any atom is 0.134 e. The Bertz CT molecular complexity index is 776. The second-order valence-corrected chi connectivity index (χ2v) is 5.10. The molecule has 0 bridgehead atoms. The van der Waals surface area contributed by atoms with Crippen molar-refractivity contribution in [3.05, 3.63) is 58.9 Å². The van der Waals surface area contributed by atoms with E-state index in [4.69, 9.17) is 10.2 Å². The molecule has 0 amide bonds. The van der Waals surface area contributed by atoms with E-state index in [0.717, 1.165) is 33.7 Å². The Hall–Kier alpha value is -2.20. The second-order valence-electron chi connectivity index (χ2n) is 5.10. The van der Waals surface area contributed by atoms with Crippen LogP contribution in [0, 0.1) is 20.8 Å². The molecule has 3 aromatic rings. The van der Waals surface area contributed by atoms with Crippen LogP contribution in [-0.2, 0) is 0 Å². The summed E-state index contributed by atoms with van der Waals surface area (Å²) in [6, 6.07) is 5.79. The Morgan fingerprint density at radius 3 is 2.60 bits per heavy atom. The fraction of sp³-hybridized carbons (Fsp3) is 0.250. The molecular weight excluding hydrogens is 250 g/mol. The lowest BCUT2D eigenvalue weighted by Gasteiger charge is -2.11. The molecule has 0 saturated heterocycles. The molecule has 0 aliphatic rings. The van der Waals surface area contributed by atoms with Gasteiger partial charge in [-0.2, -0.15) is 0 Å². The summed E-state index contributed by atoms with van der Waals surface area (Å²) in [5.74, 6) is 0.759. The average molecular weight is 267 g/mol. The van der Waals surface area contributed by atoms with Crippen LogP contribution in [0.2, 0.25) is 0 Å². The Morgan fingerprint density at radius 2 is 1.85 bits per heavy atom. The van der Waals surface area contributed by atoms with Crippen LogP contribution in [0.3, 0.4) is 0 Å². The number of benzene rings is 1. The number of nitrogens with zero attached hydrogens (tertiary/aromatic N) is 2. The van der Waals surface area contributed by atoms with E-state index in [-0.39, 0.29) is 0 Å². The first-order valence-electron chi connectivity index (χ1n) is 6.60. The van der Waals surface area contributed by atoms with Gasteiger partial charge in [0.1, 0.15) is 17.4 Å². The van der Waals surface area contributed by atoms with Crippen LogP contribution < -0.4 is 5.73 Å². The van der Waals surface area contributed by atoms with Crippen LogP contribution in [0.1, 0.15) is 34.3 Å². The van der Waals surface area contributed by atoms with E-state index in [0.29, 0.717) is 0 Å². The highest BCUT2D eigenvalue weighted by atomic mass is 16.3. The Balaban J connectivity index is 2.15. The lowest BCUT2D eigenvalue weighted by Crippen LogP contribution is -2.15. The summed E-state index contributed by atoms with van der Waals surface area (Å²) in [5.41, 5.74) is 11.0. The van der Waals surface area contributed by atoms with Crippen LogP contribution in [0.25, 0.3) is 11.0 Å². The number of aromatic nitrogens is 2. The molecule has 1 aromatic carbocycles. The largest absolute Gasteiger partial charge is 0.459 e. The number of hydrogen-bond donors (Lipinski definition) is 1. The zero-order valence-electron chi connectivity index (χ0n) is 11.8. The predicted octanol–water partition coefficient (Wildman–Crippen LogP) is 3.20. The molecule has 1 unspecified atom stereocenters. The molecule has 0 aliphatic heterocycles. The molecule has 2 N–H and O–H groups in total. The van der Waals surface area contributed by atoms with Crippen LogP contribution in [-0.4, -0.2) is 9.97 Å². The third kappa shape index (κ3) is 1.98. The Morgan fingerprint density at radius 1 is 1.10 bits per heavy atom. The summed E-state index contributed by atoms with van der Waals surface area (Å²) in [7, 11) is 0. The molecule has 1 atom stereocenters. The maximum atomic E-state index is 6.32. The van der Waals surface area contributed by atoms with Crippen LogP contribution in [0.4, 0.5) is 0 Å². The molecule has 0 fully saturated rings. The van der Waals surface area contributed by atoms with Gasteiger partial charge in [0, 0.05) is 23.3 Å². The summed E-state index contributed by atoms with van der Waals surface area (Å²) in [5, 5.41) is 1.10. The molecule has 20 heavy (non-hydrogen) atoms. The van der Waals surface area contributed by atoms with Crippen LogP contribution in [0.5, 0.6) is 0 Å². The summed E-state index contributed by atoms with van der Waals surface area (Å²) in [6.07, 6.45) is 3.32. The fourth-order valence-corrected chi connectivity index (χ4v) is 2.50. The molecule has 2 aromatic heterocycles. The standard InChI is InChI=1S/C16H17N3O/c1-9-4-5-12-10(2)16(20-13(12)8-9)14(17)15-11(3)18-6-7-19-15/h4-8,14H,17H2,1-3H3. The van der Waals surface area contributed by atoms with E-state index in [1.807, 2.05) is 26.8 Å². The van der Waals surface area contributed by atoms with Crippen molar-refractivity contribution in [2.45, 2.75) is 26.8 Å². The molecular formula is C16H17N3O. The number of rotatable bonds is 2. The van der Waals surface area contributed by atoms with Gasteiger partial charge in [0.2, 0.25) is 0 Å². The molecule has 2 heterocycles. The second kappa shape index (κ2) is 4.72. The van der Waals surface area contributed by atoms with Crippen molar-refractivity contribution >= 4 is 11.0 Å². The third-order valence-electron chi connectivity index (χ3n) is 3.63. The smallest absolute Gasteiger partial charge is 0.134 e. The van der Waals surface area contributed by atoms with Crippen molar-refractivity contribution in [3.63, 3.8) is 0 Å². The number of fused-ring (bicyclic) bond motifs is 1. The monoisotopic (exact) mass is 267 g/mol. The van der Waals surface area contributed by atoms with E-state index in [1.165, 1.54) is 5.56 Å². The summed E-state index contributed by atoms with van der Waals surface area (Å²) >= 11 is 0. The molecule has 0 saturated carbocycles. The van der Waals surface area contributed by atoms with Crippen LogP contribution in [0.15, 0.2) is 35.0 Å². The lowest BCUT2D eigenvalue weighted by molar-refractivity contribution is 0.514. The molecule has 0 radical (unpaired) electrons. The van der Waals surface area contributed by atoms with Crippen molar-refractivity contribution in [3.8, 4) is 0 Å². The number of hydrogen-bond acceptors (Lipinski definition) is 4. The maximum absolute atomic E-state index is 6.32. The van der Waals surface area contributed by atoms with Crippen molar-refractivity contribution in [1.29, 1.82) is 0 Å². The molecule has 4 heteroatoms. The summed E-state index contributed by atoms with van der Waals surface area (Å²) in [4.78, 5) is 8.58. The summed E-state index contributed by atoms with van der Waals surface area (Å²) in [6.45, 7) is 5.98. The zero-order valence-corrected chi connectivity index (χ0v) is 11.8. The molecule has 4 nitrogen and oxygen atoms in total. The summed E-state index contributed by atoms with van der Waals surface area (Å²) < 4.78 is 5.96. The molecule has 102 valence electrons. The zero-order chi connectivity index (χ0) is 14.3.